The van der Waals surface area contributed by atoms with Crippen LogP contribution >= 0.6 is 0 Å². The topological polar surface area (TPSA) is 75.0 Å². The zero-order chi connectivity index (χ0) is 22.6. The van der Waals surface area contributed by atoms with Gasteiger partial charge in [0.25, 0.3) is 0 Å². The predicted molar refractivity (Wildman–Crippen MR) is 122 cm³/mol. The molecule has 7 nitrogen and oxygen atoms in total. The minimum absolute atomic E-state index is 0.0724. The summed E-state index contributed by atoms with van der Waals surface area (Å²) in [6, 6.07) is 5.69. The van der Waals surface area contributed by atoms with E-state index in [4.69, 9.17) is 4.74 Å². The fourth-order valence-electron chi connectivity index (χ4n) is 5.99. The summed E-state index contributed by atoms with van der Waals surface area (Å²) in [5.74, 6) is 1.29. The second-order valence-electron chi connectivity index (χ2n) is 9.77. The number of aliphatic hydroxyl groups excluding tert-OH is 1. The first-order valence-corrected chi connectivity index (χ1v) is 11.8. The fraction of sp³-hybridized carbons (Fsp3) is 0.600. The third-order valence-corrected chi connectivity index (χ3v) is 7.86. The number of methoxy groups -OCH3 is 1. The first-order valence-electron chi connectivity index (χ1n) is 11.8. The van der Waals surface area contributed by atoms with Crippen molar-refractivity contribution >= 4 is 22.7 Å². The number of fused-ring (bicyclic) bond motifs is 4. The highest BCUT2D eigenvalue weighted by atomic mass is 16.5. The number of amides is 2. The number of aromatic nitrogens is 1. The van der Waals surface area contributed by atoms with Crippen molar-refractivity contribution in [2.75, 3.05) is 33.4 Å². The molecule has 0 unspecified atom stereocenters. The summed E-state index contributed by atoms with van der Waals surface area (Å²) in [5, 5.41) is 11.5. The van der Waals surface area contributed by atoms with E-state index in [1.165, 1.54) is 5.56 Å². The lowest BCUT2D eigenvalue weighted by Crippen LogP contribution is -2.69. The summed E-state index contributed by atoms with van der Waals surface area (Å²) in [6.07, 6.45) is 4.36. The van der Waals surface area contributed by atoms with E-state index in [0.29, 0.717) is 26.1 Å². The third kappa shape index (κ3) is 2.97. The van der Waals surface area contributed by atoms with Gasteiger partial charge < -0.3 is 24.2 Å². The van der Waals surface area contributed by atoms with E-state index in [2.05, 4.69) is 10.6 Å². The molecule has 1 spiro atoms. The number of carbonyl (C=O) groups is 2. The molecule has 172 valence electrons. The van der Waals surface area contributed by atoms with Crippen molar-refractivity contribution in [2.45, 2.75) is 50.5 Å². The Balaban J connectivity index is 1.62. The van der Waals surface area contributed by atoms with Gasteiger partial charge in [-0.25, -0.2) is 0 Å². The van der Waals surface area contributed by atoms with Gasteiger partial charge in [-0.3, -0.25) is 9.59 Å². The van der Waals surface area contributed by atoms with Crippen LogP contribution in [0.3, 0.4) is 0 Å². The van der Waals surface area contributed by atoms with Crippen LogP contribution < -0.4 is 4.74 Å². The Morgan fingerprint density at radius 1 is 1.22 bits per heavy atom. The minimum Gasteiger partial charge on any atom is -0.497 e. The van der Waals surface area contributed by atoms with Crippen molar-refractivity contribution in [3.05, 3.63) is 29.5 Å². The average Bonchev–Trinajstić information content (AvgIpc) is 3.02. The number of hydrogen-bond acceptors (Lipinski definition) is 4. The van der Waals surface area contributed by atoms with Crippen molar-refractivity contribution in [2.24, 2.45) is 13.0 Å². The Kier molecular flexibility index (Phi) is 5.19. The quantitative estimate of drug-likeness (QED) is 0.777. The number of hydrogen-bond donors (Lipinski definition) is 1. The number of ether oxygens (including phenoxy) is 1. The van der Waals surface area contributed by atoms with E-state index < -0.39 is 0 Å². The van der Waals surface area contributed by atoms with Crippen molar-refractivity contribution < 1.29 is 19.4 Å². The lowest BCUT2D eigenvalue weighted by atomic mass is 9.67. The van der Waals surface area contributed by atoms with Gasteiger partial charge in [0.15, 0.2) is 0 Å². The number of benzene rings is 1. The van der Waals surface area contributed by atoms with Crippen LogP contribution in [0.5, 0.6) is 5.75 Å². The van der Waals surface area contributed by atoms with Gasteiger partial charge in [0.2, 0.25) is 11.8 Å². The molecule has 1 saturated heterocycles. The Morgan fingerprint density at radius 3 is 2.56 bits per heavy atom. The molecular weight excluding hydrogens is 406 g/mol. The molecule has 2 aromatic rings. The standard InChI is InChI=1S/C25H33N3O4/c1-4-6-21(30)28-15-25(13-27(14-25)24(31)16-7-5-8-16)22-18-10-9-17(32-3)11-19(18)26(2)23(22)20(28)12-29/h9-11,16,20,29H,4-8,12-15H2,1-3H3/t20-/m0/s1. The highest BCUT2D eigenvalue weighted by Gasteiger charge is 2.56. The molecule has 32 heavy (non-hydrogen) atoms. The summed E-state index contributed by atoms with van der Waals surface area (Å²) in [6.45, 7) is 3.69. The SMILES string of the molecule is CCCC(=O)N1CC2(CN(C(=O)C3CCC3)C2)c2c(n(C)c3cc(OC)ccc23)[C@@H]1CO. The minimum atomic E-state index is -0.380. The summed E-state index contributed by atoms with van der Waals surface area (Å²) < 4.78 is 7.57. The number of likely N-dealkylation sites (tertiary alicyclic amines) is 1. The molecule has 1 saturated carbocycles. The molecular formula is C25H33N3O4. The molecule has 2 fully saturated rings. The zero-order valence-corrected chi connectivity index (χ0v) is 19.3. The van der Waals surface area contributed by atoms with E-state index in [-0.39, 0.29) is 35.8 Å². The van der Waals surface area contributed by atoms with Crippen LogP contribution in [-0.4, -0.2) is 64.6 Å². The van der Waals surface area contributed by atoms with Gasteiger partial charge in [0.1, 0.15) is 5.75 Å². The molecule has 3 aliphatic rings. The van der Waals surface area contributed by atoms with Gasteiger partial charge in [-0.15, -0.1) is 0 Å². The van der Waals surface area contributed by atoms with Crippen LogP contribution in [0.2, 0.25) is 0 Å². The van der Waals surface area contributed by atoms with Crippen molar-refractivity contribution in [1.29, 1.82) is 0 Å². The van der Waals surface area contributed by atoms with E-state index in [1.54, 1.807) is 7.11 Å². The van der Waals surface area contributed by atoms with Gasteiger partial charge in [0, 0.05) is 56.2 Å². The molecule has 1 aliphatic carbocycles. The lowest BCUT2D eigenvalue weighted by Gasteiger charge is -2.57. The van der Waals surface area contributed by atoms with Crippen LogP contribution in [0.25, 0.3) is 10.9 Å². The second-order valence-corrected chi connectivity index (χ2v) is 9.77. The number of carbonyl (C=O) groups excluding carboxylic acids is 2. The van der Waals surface area contributed by atoms with Gasteiger partial charge in [-0.05, 0) is 37.0 Å². The number of nitrogens with zero attached hydrogens (tertiary/aromatic N) is 3. The smallest absolute Gasteiger partial charge is 0.225 e. The van der Waals surface area contributed by atoms with Gasteiger partial charge >= 0.3 is 0 Å². The number of rotatable bonds is 5. The summed E-state index contributed by atoms with van der Waals surface area (Å²) in [7, 11) is 3.66. The molecule has 1 atom stereocenters. The van der Waals surface area contributed by atoms with Crippen molar-refractivity contribution in [3.63, 3.8) is 0 Å². The normalized spacial score (nSPS) is 21.9. The molecule has 1 aromatic heterocycles. The maximum Gasteiger partial charge on any atom is 0.225 e. The molecule has 3 heterocycles. The molecule has 1 N–H and O–H groups in total. The fourth-order valence-corrected chi connectivity index (χ4v) is 5.99. The van der Waals surface area contributed by atoms with Crippen LogP contribution in [-0.2, 0) is 22.1 Å². The maximum absolute atomic E-state index is 13.1. The Hall–Kier alpha value is -2.54. The van der Waals surface area contributed by atoms with Crippen LogP contribution in [0.4, 0.5) is 0 Å². The van der Waals surface area contributed by atoms with E-state index >= 15 is 0 Å². The van der Waals surface area contributed by atoms with Crippen LogP contribution in [0.15, 0.2) is 18.2 Å². The number of aryl methyl sites for hydroxylation is 1. The zero-order valence-electron chi connectivity index (χ0n) is 19.3. The molecule has 7 heteroatoms. The Labute approximate surface area is 188 Å². The molecule has 5 rings (SSSR count). The summed E-state index contributed by atoms with van der Waals surface area (Å²) in [5.41, 5.74) is 2.91. The lowest BCUT2D eigenvalue weighted by molar-refractivity contribution is -0.150. The highest BCUT2D eigenvalue weighted by Crippen LogP contribution is 2.50. The maximum atomic E-state index is 13.1. The molecule has 1 aromatic carbocycles. The highest BCUT2D eigenvalue weighted by molar-refractivity contribution is 5.91. The summed E-state index contributed by atoms with van der Waals surface area (Å²) in [4.78, 5) is 29.9. The van der Waals surface area contributed by atoms with E-state index in [9.17, 15) is 14.7 Å². The largest absolute Gasteiger partial charge is 0.497 e. The second kappa shape index (κ2) is 7.80. The van der Waals surface area contributed by atoms with Gasteiger partial charge in [0.05, 0.1) is 30.7 Å². The van der Waals surface area contributed by atoms with Crippen LogP contribution in [0, 0.1) is 5.92 Å². The number of aliphatic hydroxyl groups is 1. The summed E-state index contributed by atoms with van der Waals surface area (Å²) >= 11 is 0. The van der Waals surface area contributed by atoms with Crippen molar-refractivity contribution in [1.82, 2.24) is 14.4 Å². The molecule has 2 amide bonds. The first kappa shape index (κ1) is 21.3. The average molecular weight is 440 g/mol. The molecule has 2 aliphatic heterocycles. The van der Waals surface area contributed by atoms with Crippen molar-refractivity contribution in [3.8, 4) is 5.75 Å². The molecule has 0 radical (unpaired) electrons. The van der Waals surface area contributed by atoms with Gasteiger partial charge in [-0.1, -0.05) is 13.3 Å². The van der Waals surface area contributed by atoms with E-state index in [0.717, 1.165) is 48.0 Å². The van der Waals surface area contributed by atoms with Gasteiger partial charge in [-0.2, -0.15) is 0 Å². The Morgan fingerprint density at radius 2 is 1.97 bits per heavy atom. The third-order valence-electron chi connectivity index (χ3n) is 7.86. The Bertz CT molecular complexity index is 1060. The van der Waals surface area contributed by atoms with E-state index in [1.807, 2.05) is 35.9 Å². The predicted octanol–water partition coefficient (Wildman–Crippen LogP) is 2.74. The monoisotopic (exact) mass is 439 g/mol. The first-order chi connectivity index (χ1) is 15.4. The van der Waals surface area contributed by atoms with Crippen LogP contribution in [0.1, 0.15) is 56.3 Å². The molecule has 0 bridgehead atoms.